The van der Waals surface area contributed by atoms with Crippen molar-refractivity contribution < 1.29 is 10.2 Å². The molecule has 2 unspecified atom stereocenters. The van der Waals surface area contributed by atoms with Crippen molar-refractivity contribution in [2.24, 2.45) is 0 Å². The molecule has 12 heavy (non-hydrogen) atoms. The standard InChI is InChI=1S/C10H13O2/c1-8(11)10(12)7-9-5-3-2-4-6-9/h3-6,8,10-12H,7H2,1H3. The molecule has 0 spiro atoms. The van der Waals surface area contributed by atoms with Gasteiger partial charge in [0.2, 0.25) is 0 Å². The lowest BCUT2D eigenvalue weighted by Gasteiger charge is -2.12. The summed E-state index contributed by atoms with van der Waals surface area (Å²) in [6.45, 7) is 1.58. The van der Waals surface area contributed by atoms with Crippen LogP contribution in [-0.2, 0) is 6.42 Å². The summed E-state index contributed by atoms with van der Waals surface area (Å²) in [6, 6.07) is 10.2. The van der Waals surface area contributed by atoms with Crippen LogP contribution in [0.2, 0.25) is 0 Å². The van der Waals surface area contributed by atoms with Crippen molar-refractivity contribution in [2.75, 3.05) is 0 Å². The van der Waals surface area contributed by atoms with Crippen LogP contribution in [0.1, 0.15) is 12.5 Å². The Labute approximate surface area is 72.5 Å². The average molecular weight is 165 g/mol. The minimum Gasteiger partial charge on any atom is -0.391 e. The maximum Gasteiger partial charge on any atom is 0.0836 e. The van der Waals surface area contributed by atoms with Crippen LogP contribution >= 0.6 is 0 Å². The van der Waals surface area contributed by atoms with Crippen molar-refractivity contribution >= 4 is 0 Å². The Morgan fingerprint density at radius 2 is 1.92 bits per heavy atom. The van der Waals surface area contributed by atoms with E-state index in [2.05, 4.69) is 6.07 Å². The molecule has 0 aliphatic heterocycles. The van der Waals surface area contributed by atoms with Crippen LogP contribution in [0.3, 0.4) is 0 Å². The fourth-order valence-corrected chi connectivity index (χ4v) is 0.970. The van der Waals surface area contributed by atoms with Gasteiger partial charge in [-0.1, -0.05) is 24.3 Å². The molecule has 0 fully saturated rings. The predicted molar refractivity (Wildman–Crippen MR) is 46.7 cm³/mol. The third-order valence-electron chi connectivity index (χ3n) is 1.79. The number of hydrogen-bond acceptors (Lipinski definition) is 2. The lowest BCUT2D eigenvalue weighted by atomic mass is 10.1. The molecule has 1 aromatic carbocycles. The van der Waals surface area contributed by atoms with E-state index < -0.39 is 12.2 Å². The lowest BCUT2D eigenvalue weighted by molar-refractivity contribution is 0.0319. The van der Waals surface area contributed by atoms with Gasteiger partial charge in [0, 0.05) is 6.42 Å². The van der Waals surface area contributed by atoms with Crippen LogP contribution in [0, 0.1) is 6.07 Å². The van der Waals surface area contributed by atoms with Crippen molar-refractivity contribution in [3.8, 4) is 0 Å². The Hall–Kier alpha value is -0.860. The number of benzene rings is 1. The summed E-state index contributed by atoms with van der Waals surface area (Å²) in [5.74, 6) is 0. The van der Waals surface area contributed by atoms with Crippen molar-refractivity contribution in [2.45, 2.75) is 25.6 Å². The normalized spacial score (nSPS) is 15.6. The van der Waals surface area contributed by atoms with E-state index >= 15 is 0 Å². The van der Waals surface area contributed by atoms with Crippen LogP contribution in [0.25, 0.3) is 0 Å². The first-order valence-electron chi connectivity index (χ1n) is 4.01. The molecular formula is C10H13O2. The highest BCUT2D eigenvalue weighted by Crippen LogP contribution is 2.04. The van der Waals surface area contributed by atoms with Crippen LogP contribution in [0.15, 0.2) is 24.3 Å². The van der Waals surface area contributed by atoms with Crippen LogP contribution in [0.5, 0.6) is 0 Å². The molecule has 0 saturated carbocycles. The Balaban J connectivity index is 2.53. The third kappa shape index (κ3) is 2.64. The molecule has 1 radical (unpaired) electrons. The molecule has 0 saturated heterocycles. The van der Waals surface area contributed by atoms with E-state index in [0.29, 0.717) is 6.42 Å². The minimum atomic E-state index is -0.674. The first-order chi connectivity index (χ1) is 5.70. The molecule has 2 heteroatoms. The SMILES string of the molecule is CC(O)C(O)Cc1cc[c]cc1. The molecule has 0 bridgehead atoms. The first-order valence-corrected chi connectivity index (χ1v) is 4.01. The van der Waals surface area contributed by atoms with Gasteiger partial charge in [0.25, 0.3) is 0 Å². The summed E-state index contributed by atoms with van der Waals surface area (Å²) >= 11 is 0. The lowest BCUT2D eigenvalue weighted by Crippen LogP contribution is -2.24. The van der Waals surface area contributed by atoms with E-state index in [4.69, 9.17) is 5.11 Å². The summed E-state index contributed by atoms with van der Waals surface area (Å²) in [5.41, 5.74) is 1.02. The monoisotopic (exact) mass is 165 g/mol. The Morgan fingerprint density at radius 1 is 1.33 bits per heavy atom. The molecule has 0 aliphatic rings. The van der Waals surface area contributed by atoms with Crippen molar-refractivity contribution in [1.29, 1.82) is 0 Å². The predicted octanol–water partition coefficient (Wildman–Crippen LogP) is 0.771. The van der Waals surface area contributed by atoms with Crippen molar-refractivity contribution in [3.63, 3.8) is 0 Å². The van der Waals surface area contributed by atoms with E-state index in [1.807, 2.05) is 12.1 Å². The zero-order valence-corrected chi connectivity index (χ0v) is 7.07. The number of aliphatic hydroxyl groups is 2. The second-order valence-electron chi connectivity index (χ2n) is 2.92. The fraction of sp³-hybridized carbons (Fsp3) is 0.400. The van der Waals surface area contributed by atoms with Gasteiger partial charge in [0.15, 0.2) is 0 Å². The summed E-state index contributed by atoms with van der Waals surface area (Å²) < 4.78 is 0. The molecule has 1 aromatic rings. The molecule has 0 aliphatic carbocycles. The van der Waals surface area contributed by atoms with Gasteiger partial charge in [-0.3, -0.25) is 0 Å². The van der Waals surface area contributed by atoms with Crippen LogP contribution < -0.4 is 0 Å². The summed E-state index contributed by atoms with van der Waals surface area (Å²) in [5, 5.41) is 18.3. The molecule has 0 amide bonds. The van der Waals surface area contributed by atoms with Gasteiger partial charge in [-0.25, -0.2) is 0 Å². The molecule has 65 valence electrons. The average Bonchev–Trinajstić information content (AvgIpc) is 2.06. The van der Waals surface area contributed by atoms with Gasteiger partial charge in [0.1, 0.15) is 0 Å². The third-order valence-corrected chi connectivity index (χ3v) is 1.79. The fourth-order valence-electron chi connectivity index (χ4n) is 0.970. The van der Waals surface area contributed by atoms with Gasteiger partial charge in [-0.05, 0) is 18.6 Å². The smallest absolute Gasteiger partial charge is 0.0836 e. The zero-order valence-electron chi connectivity index (χ0n) is 7.07. The number of hydrogen-bond donors (Lipinski definition) is 2. The molecule has 1 rings (SSSR count). The summed E-state index contributed by atoms with van der Waals surface area (Å²) in [6.07, 6.45) is -0.853. The van der Waals surface area contributed by atoms with Gasteiger partial charge >= 0.3 is 0 Å². The molecule has 2 atom stereocenters. The summed E-state index contributed by atoms with van der Waals surface area (Å²) in [7, 11) is 0. The molecule has 2 nitrogen and oxygen atoms in total. The van der Waals surface area contributed by atoms with E-state index in [-0.39, 0.29) is 0 Å². The van der Waals surface area contributed by atoms with E-state index in [9.17, 15) is 5.11 Å². The Kier molecular flexibility index (Phi) is 3.26. The largest absolute Gasteiger partial charge is 0.391 e. The maximum atomic E-state index is 9.32. The quantitative estimate of drug-likeness (QED) is 0.694. The van der Waals surface area contributed by atoms with E-state index in [1.165, 1.54) is 0 Å². The highest BCUT2D eigenvalue weighted by Gasteiger charge is 2.10. The van der Waals surface area contributed by atoms with Gasteiger partial charge in [0.05, 0.1) is 12.2 Å². The highest BCUT2D eigenvalue weighted by atomic mass is 16.3. The minimum absolute atomic E-state index is 0.492. The second kappa shape index (κ2) is 4.24. The second-order valence-corrected chi connectivity index (χ2v) is 2.92. The van der Waals surface area contributed by atoms with Crippen molar-refractivity contribution in [3.05, 3.63) is 35.9 Å². The Morgan fingerprint density at radius 3 is 2.42 bits per heavy atom. The molecule has 2 N–H and O–H groups in total. The van der Waals surface area contributed by atoms with Crippen LogP contribution in [0.4, 0.5) is 0 Å². The van der Waals surface area contributed by atoms with E-state index in [0.717, 1.165) is 5.56 Å². The van der Waals surface area contributed by atoms with Gasteiger partial charge < -0.3 is 10.2 Å². The van der Waals surface area contributed by atoms with Crippen LogP contribution in [-0.4, -0.2) is 22.4 Å². The first kappa shape index (κ1) is 9.23. The topological polar surface area (TPSA) is 40.5 Å². The van der Waals surface area contributed by atoms with Crippen molar-refractivity contribution in [1.82, 2.24) is 0 Å². The number of aliphatic hydroxyl groups excluding tert-OH is 2. The molecule has 0 aromatic heterocycles. The van der Waals surface area contributed by atoms with E-state index in [1.54, 1.807) is 19.1 Å². The zero-order chi connectivity index (χ0) is 8.97. The molecular weight excluding hydrogens is 152 g/mol. The Bertz CT molecular complexity index is 219. The number of rotatable bonds is 3. The molecule has 0 heterocycles. The summed E-state index contributed by atoms with van der Waals surface area (Å²) in [4.78, 5) is 0. The highest BCUT2D eigenvalue weighted by molar-refractivity contribution is 5.14. The van der Waals surface area contributed by atoms with Gasteiger partial charge in [-0.15, -0.1) is 0 Å². The maximum absolute atomic E-state index is 9.32. The van der Waals surface area contributed by atoms with Gasteiger partial charge in [-0.2, -0.15) is 0 Å².